The van der Waals surface area contributed by atoms with Crippen LogP contribution in [-0.4, -0.2) is 33.4 Å². The number of phenolic OH excluding ortho intramolecular Hbond substituents is 1. The highest BCUT2D eigenvalue weighted by Gasteiger charge is 2.46. The number of aromatic hydroxyl groups is 1. The Bertz CT molecular complexity index is 1230. The summed E-state index contributed by atoms with van der Waals surface area (Å²) in [6.07, 6.45) is 0. The van der Waals surface area contributed by atoms with Crippen molar-refractivity contribution in [2.45, 2.75) is 39.3 Å². The van der Waals surface area contributed by atoms with Gasteiger partial charge in [-0.2, -0.15) is 0 Å². The van der Waals surface area contributed by atoms with Gasteiger partial charge in [-0.25, -0.2) is 0 Å². The molecule has 34 heavy (non-hydrogen) atoms. The van der Waals surface area contributed by atoms with E-state index in [4.69, 9.17) is 4.74 Å². The van der Waals surface area contributed by atoms with Gasteiger partial charge in [-0.15, -0.1) is 11.3 Å². The predicted molar refractivity (Wildman–Crippen MR) is 132 cm³/mol. The van der Waals surface area contributed by atoms with Crippen LogP contribution in [0, 0.1) is 0 Å². The molecule has 176 valence electrons. The Balaban J connectivity index is 1.86. The van der Waals surface area contributed by atoms with E-state index in [0.29, 0.717) is 17.7 Å². The second-order valence-electron chi connectivity index (χ2n) is 8.44. The van der Waals surface area contributed by atoms with Gasteiger partial charge >= 0.3 is 0 Å². The largest absolute Gasteiger partial charge is 0.508 e. The summed E-state index contributed by atoms with van der Waals surface area (Å²) >= 11 is 1.49. The van der Waals surface area contributed by atoms with Crippen molar-refractivity contribution >= 4 is 28.8 Å². The molecule has 1 fully saturated rings. The van der Waals surface area contributed by atoms with Crippen molar-refractivity contribution in [2.75, 3.05) is 6.61 Å². The molecule has 1 saturated heterocycles. The molecule has 0 spiro atoms. The predicted octanol–water partition coefficient (Wildman–Crippen LogP) is 5.60. The first kappa shape index (κ1) is 23.6. The van der Waals surface area contributed by atoms with Crippen LogP contribution in [-0.2, 0) is 16.1 Å². The molecule has 1 aliphatic rings. The minimum atomic E-state index is -0.781. The zero-order chi connectivity index (χ0) is 24.4. The third-order valence-corrected chi connectivity index (χ3v) is 6.72. The quantitative estimate of drug-likeness (QED) is 0.263. The molecule has 0 bridgehead atoms. The van der Waals surface area contributed by atoms with Crippen LogP contribution in [0.4, 0.5) is 0 Å². The number of ether oxygens (including phenoxy) is 1. The van der Waals surface area contributed by atoms with Crippen LogP contribution >= 0.6 is 11.3 Å². The minimum absolute atomic E-state index is 0.0334. The third kappa shape index (κ3) is 4.43. The topological polar surface area (TPSA) is 87.1 Å². The molecule has 2 N–H and O–H groups in total. The number of carbonyl (C=O) groups is 2. The fraction of sp³-hybridized carbons (Fsp3) is 0.259. The lowest BCUT2D eigenvalue weighted by atomic mass is 9.93. The molecule has 6 nitrogen and oxygen atoms in total. The van der Waals surface area contributed by atoms with Crippen molar-refractivity contribution in [1.82, 2.24) is 4.90 Å². The highest BCUT2D eigenvalue weighted by Crippen LogP contribution is 2.41. The number of hydrogen-bond acceptors (Lipinski definition) is 6. The lowest BCUT2D eigenvalue weighted by Crippen LogP contribution is -2.28. The summed E-state index contributed by atoms with van der Waals surface area (Å²) in [6, 6.07) is 14.7. The van der Waals surface area contributed by atoms with Crippen LogP contribution in [0.3, 0.4) is 0 Å². The second-order valence-corrected chi connectivity index (χ2v) is 9.47. The lowest BCUT2D eigenvalue weighted by molar-refractivity contribution is -0.140. The smallest absolute Gasteiger partial charge is 0.295 e. The van der Waals surface area contributed by atoms with E-state index in [1.54, 1.807) is 24.3 Å². The summed E-state index contributed by atoms with van der Waals surface area (Å²) in [5.74, 6) is -0.692. The highest BCUT2D eigenvalue weighted by molar-refractivity contribution is 7.09. The summed E-state index contributed by atoms with van der Waals surface area (Å²) in [4.78, 5) is 28.7. The van der Waals surface area contributed by atoms with Crippen LogP contribution in [0.2, 0.25) is 0 Å². The number of thiophene rings is 1. The van der Waals surface area contributed by atoms with Crippen LogP contribution in [0.5, 0.6) is 11.5 Å². The number of benzene rings is 2. The summed E-state index contributed by atoms with van der Waals surface area (Å²) in [7, 11) is 0. The molecule has 3 aromatic rings. The standard InChI is InChI=1S/C27H27NO5S/c1-4-33-22-12-9-18(14-21(22)16(2)3)25(30)23-24(17-7-10-19(29)11-8-17)28(27(32)26(23)31)15-20-6-5-13-34-20/h5-14,16,24,29-30H,4,15H2,1-3H3/b25-23-. The van der Waals surface area contributed by atoms with Gasteiger partial charge in [-0.05, 0) is 65.7 Å². The molecule has 4 rings (SSSR count). The number of likely N-dealkylation sites (tertiary alicyclic amines) is 1. The maximum Gasteiger partial charge on any atom is 0.295 e. The molecular weight excluding hydrogens is 450 g/mol. The second kappa shape index (κ2) is 9.73. The lowest BCUT2D eigenvalue weighted by Gasteiger charge is -2.25. The number of nitrogens with zero attached hydrogens (tertiary/aromatic N) is 1. The molecule has 1 aliphatic heterocycles. The van der Waals surface area contributed by atoms with Crippen molar-refractivity contribution in [1.29, 1.82) is 0 Å². The zero-order valence-corrected chi connectivity index (χ0v) is 20.1. The molecule has 0 radical (unpaired) electrons. The Morgan fingerprint density at radius 3 is 2.47 bits per heavy atom. The minimum Gasteiger partial charge on any atom is -0.508 e. The number of Topliss-reactive ketones (excluding diaryl/α,β-unsaturated/α-hetero) is 1. The van der Waals surface area contributed by atoms with Crippen molar-refractivity contribution in [3.63, 3.8) is 0 Å². The zero-order valence-electron chi connectivity index (χ0n) is 19.3. The maximum atomic E-state index is 13.2. The molecule has 2 heterocycles. The molecule has 0 aliphatic carbocycles. The van der Waals surface area contributed by atoms with E-state index in [1.807, 2.05) is 44.4 Å². The van der Waals surface area contributed by atoms with Crippen molar-refractivity contribution in [3.8, 4) is 11.5 Å². The first-order valence-corrected chi connectivity index (χ1v) is 12.1. The summed E-state index contributed by atoms with van der Waals surface area (Å²) in [5.41, 5.74) is 2.01. The van der Waals surface area contributed by atoms with E-state index in [-0.39, 0.29) is 29.5 Å². The molecule has 1 atom stereocenters. The van der Waals surface area contributed by atoms with E-state index in [1.165, 1.54) is 28.4 Å². The molecule has 1 amide bonds. The Hall–Kier alpha value is -3.58. The van der Waals surface area contributed by atoms with Gasteiger partial charge in [0.1, 0.15) is 17.3 Å². The Kier molecular flexibility index (Phi) is 6.75. The van der Waals surface area contributed by atoms with Crippen molar-refractivity contribution in [2.24, 2.45) is 0 Å². The number of aliphatic hydroxyl groups is 1. The van der Waals surface area contributed by atoms with Crippen LogP contribution in [0.25, 0.3) is 5.76 Å². The fourth-order valence-electron chi connectivity index (χ4n) is 4.21. The Morgan fingerprint density at radius 2 is 1.85 bits per heavy atom. The van der Waals surface area contributed by atoms with Gasteiger partial charge in [-0.3, -0.25) is 9.59 Å². The van der Waals surface area contributed by atoms with Crippen LogP contribution in [0.1, 0.15) is 54.3 Å². The van der Waals surface area contributed by atoms with Gasteiger partial charge in [-0.1, -0.05) is 32.0 Å². The van der Waals surface area contributed by atoms with Gasteiger partial charge in [0.15, 0.2) is 0 Å². The number of hydrogen-bond donors (Lipinski definition) is 2. The normalized spacial score (nSPS) is 17.5. The molecule has 1 aromatic heterocycles. The van der Waals surface area contributed by atoms with E-state index in [0.717, 1.165) is 16.2 Å². The van der Waals surface area contributed by atoms with E-state index in [2.05, 4.69) is 0 Å². The SMILES string of the molecule is CCOc1ccc(/C(O)=C2/C(=O)C(=O)N(Cc3cccs3)C2c2ccc(O)cc2)cc1C(C)C. The van der Waals surface area contributed by atoms with Crippen molar-refractivity contribution < 1.29 is 24.5 Å². The Morgan fingerprint density at radius 1 is 1.12 bits per heavy atom. The average molecular weight is 478 g/mol. The number of carbonyl (C=O) groups excluding carboxylic acids is 2. The monoisotopic (exact) mass is 477 g/mol. The van der Waals surface area contributed by atoms with Gasteiger partial charge in [0, 0.05) is 10.4 Å². The molecular formula is C27H27NO5S. The first-order chi connectivity index (χ1) is 16.3. The third-order valence-electron chi connectivity index (χ3n) is 5.86. The molecule has 0 saturated carbocycles. The highest BCUT2D eigenvalue weighted by atomic mass is 32.1. The number of amides is 1. The maximum absolute atomic E-state index is 13.2. The summed E-state index contributed by atoms with van der Waals surface area (Å²) in [5, 5.41) is 23.0. The van der Waals surface area contributed by atoms with E-state index < -0.39 is 17.7 Å². The molecule has 1 unspecified atom stereocenters. The summed E-state index contributed by atoms with van der Waals surface area (Å²) < 4.78 is 5.72. The van der Waals surface area contributed by atoms with E-state index >= 15 is 0 Å². The van der Waals surface area contributed by atoms with Crippen LogP contribution in [0.15, 0.2) is 65.6 Å². The van der Waals surface area contributed by atoms with Crippen LogP contribution < -0.4 is 4.74 Å². The summed E-state index contributed by atoms with van der Waals surface area (Å²) in [6.45, 7) is 6.71. The van der Waals surface area contributed by atoms with E-state index in [9.17, 15) is 19.8 Å². The van der Waals surface area contributed by atoms with Gasteiger partial charge < -0.3 is 19.8 Å². The number of rotatable bonds is 7. The number of aliphatic hydroxyl groups excluding tert-OH is 1. The average Bonchev–Trinajstić information content (AvgIpc) is 3.42. The molecule has 2 aromatic carbocycles. The number of ketones is 1. The first-order valence-electron chi connectivity index (χ1n) is 11.2. The van der Waals surface area contributed by atoms with Gasteiger partial charge in [0.05, 0.1) is 24.8 Å². The van der Waals surface area contributed by atoms with Gasteiger partial charge in [0.25, 0.3) is 11.7 Å². The fourth-order valence-corrected chi connectivity index (χ4v) is 4.91. The van der Waals surface area contributed by atoms with Crippen molar-refractivity contribution in [3.05, 3.63) is 87.1 Å². The molecule has 7 heteroatoms. The Labute approximate surface area is 202 Å². The van der Waals surface area contributed by atoms with Gasteiger partial charge in [0.2, 0.25) is 0 Å². The number of phenols is 1.